The average molecular weight is 284 g/mol. The van der Waals surface area contributed by atoms with Gasteiger partial charge in [0.15, 0.2) is 0 Å². The Hall–Kier alpha value is -0.740. The monoisotopic (exact) mass is 284 g/mol. The largest absolute Gasteiger partial charge is 0.394 e. The fourth-order valence-electron chi connectivity index (χ4n) is 2.54. The Morgan fingerprint density at radius 2 is 1.65 bits per heavy atom. The van der Waals surface area contributed by atoms with Crippen LogP contribution >= 0.6 is 0 Å². The summed E-state index contributed by atoms with van der Waals surface area (Å²) in [6.07, 6.45) is -0.133. The summed E-state index contributed by atoms with van der Waals surface area (Å²) < 4.78 is 5.53. The van der Waals surface area contributed by atoms with E-state index in [4.69, 9.17) is 4.74 Å². The van der Waals surface area contributed by atoms with E-state index in [2.05, 4.69) is 0 Å². The highest BCUT2D eigenvalue weighted by molar-refractivity contribution is 5.89. The highest BCUT2D eigenvalue weighted by atomic mass is 16.5. The van der Waals surface area contributed by atoms with E-state index in [1.54, 1.807) is 0 Å². The van der Waals surface area contributed by atoms with Crippen LogP contribution in [0.25, 0.3) is 0 Å². The normalized spacial score (nSPS) is 27.6. The number of ketones is 2. The van der Waals surface area contributed by atoms with E-state index in [9.17, 15) is 14.7 Å². The maximum atomic E-state index is 12.6. The van der Waals surface area contributed by atoms with Gasteiger partial charge in [0.2, 0.25) is 0 Å². The van der Waals surface area contributed by atoms with Crippen molar-refractivity contribution in [3.05, 3.63) is 0 Å². The molecule has 4 nitrogen and oxygen atoms in total. The second-order valence-electron chi connectivity index (χ2n) is 7.83. The van der Waals surface area contributed by atoms with Crippen molar-refractivity contribution in [3.8, 4) is 0 Å². The van der Waals surface area contributed by atoms with Crippen molar-refractivity contribution in [2.45, 2.75) is 54.1 Å². The van der Waals surface area contributed by atoms with Crippen LogP contribution in [0.4, 0.5) is 0 Å². The van der Waals surface area contributed by atoms with Crippen molar-refractivity contribution in [2.75, 3.05) is 13.2 Å². The third kappa shape index (κ3) is 3.89. The number of carbonyl (C=O) groups is 2. The van der Waals surface area contributed by atoms with E-state index < -0.39 is 16.9 Å². The number of rotatable bonds is 4. The van der Waals surface area contributed by atoms with Gasteiger partial charge in [-0.25, -0.2) is 0 Å². The maximum absolute atomic E-state index is 12.6. The quantitative estimate of drug-likeness (QED) is 0.860. The van der Waals surface area contributed by atoms with Gasteiger partial charge in [-0.15, -0.1) is 0 Å². The van der Waals surface area contributed by atoms with Crippen molar-refractivity contribution >= 4 is 11.6 Å². The van der Waals surface area contributed by atoms with Gasteiger partial charge in [0, 0.05) is 23.2 Å². The Balaban J connectivity index is 2.90. The van der Waals surface area contributed by atoms with Gasteiger partial charge in [-0.2, -0.15) is 0 Å². The predicted molar refractivity (Wildman–Crippen MR) is 77.3 cm³/mol. The maximum Gasteiger partial charge on any atom is 0.144 e. The zero-order valence-corrected chi connectivity index (χ0v) is 13.5. The SMILES string of the molecule is CC(C)(C)C(=O)C[C@@H]1CO[C@@H](CO)[C@H]1C(=O)C(C)(C)C. The molecule has 0 amide bonds. The third-order valence-electron chi connectivity index (χ3n) is 3.94. The second-order valence-corrected chi connectivity index (χ2v) is 7.83. The van der Waals surface area contributed by atoms with Crippen LogP contribution in [0.15, 0.2) is 0 Å². The Labute approximate surface area is 121 Å². The van der Waals surface area contributed by atoms with E-state index in [1.807, 2.05) is 41.5 Å². The van der Waals surface area contributed by atoms with Crippen molar-refractivity contribution in [3.63, 3.8) is 0 Å². The van der Waals surface area contributed by atoms with E-state index in [0.717, 1.165) is 0 Å². The van der Waals surface area contributed by atoms with Crippen molar-refractivity contribution in [1.82, 2.24) is 0 Å². The first kappa shape index (κ1) is 17.3. The first-order valence-electron chi connectivity index (χ1n) is 7.28. The van der Waals surface area contributed by atoms with E-state index in [0.29, 0.717) is 13.0 Å². The molecule has 0 bridgehead atoms. The summed E-state index contributed by atoms with van der Waals surface area (Å²) in [5.41, 5.74) is -0.901. The van der Waals surface area contributed by atoms with Crippen molar-refractivity contribution in [2.24, 2.45) is 22.7 Å². The molecule has 0 aliphatic carbocycles. The zero-order chi connectivity index (χ0) is 15.7. The van der Waals surface area contributed by atoms with Gasteiger partial charge in [0.25, 0.3) is 0 Å². The van der Waals surface area contributed by atoms with Crippen LogP contribution in [0.2, 0.25) is 0 Å². The minimum Gasteiger partial charge on any atom is -0.394 e. The predicted octanol–water partition coefficient (Wildman–Crippen LogP) is 2.23. The van der Waals surface area contributed by atoms with Gasteiger partial charge in [-0.05, 0) is 0 Å². The first-order chi connectivity index (χ1) is 8.98. The summed E-state index contributed by atoms with van der Waals surface area (Å²) >= 11 is 0. The summed E-state index contributed by atoms with van der Waals surface area (Å²) in [5.74, 6) is -0.297. The molecular formula is C16H28O4. The summed E-state index contributed by atoms with van der Waals surface area (Å²) in [4.78, 5) is 24.8. The van der Waals surface area contributed by atoms with E-state index >= 15 is 0 Å². The van der Waals surface area contributed by atoms with Crippen LogP contribution in [0.3, 0.4) is 0 Å². The Morgan fingerprint density at radius 1 is 1.10 bits per heavy atom. The molecule has 0 aromatic carbocycles. The summed E-state index contributed by atoms with van der Waals surface area (Å²) in [6.45, 7) is 11.5. The first-order valence-corrected chi connectivity index (χ1v) is 7.28. The lowest BCUT2D eigenvalue weighted by atomic mass is 9.73. The highest BCUT2D eigenvalue weighted by Gasteiger charge is 2.46. The second kappa shape index (κ2) is 5.94. The molecule has 0 unspecified atom stereocenters. The minimum atomic E-state index is -0.491. The Bertz CT molecular complexity index is 373. The number of aliphatic hydroxyl groups excluding tert-OH is 1. The smallest absolute Gasteiger partial charge is 0.144 e. The van der Waals surface area contributed by atoms with Crippen LogP contribution in [0.1, 0.15) is 48.0 Å². The molecule has 1 aliphatic heterocycles. The fourth-order valence-corrected chi connectivity index (χ4v) is 2.54. The van der Waals surface area contributed by atoms with Gasteiger partial charge in [0.05, 0.1) is 25.2 Å². The van der Waals surface area contributed by atoms with E-state index in [-0.39, 0.29) is 30.0 Å². The molecule has 1 N–H and O–H groups in total. The average Bonchev–Trinajstić information content (AvgIpc) is 2.68. The molecule has 1 saturated heterocycles. The number of ether oxygens (including phenoxy) is 1. The molecule has 3 atom stereocenters. The lowest BCUT2D eigenvalue weighted by molar-refractivity contribution is -0.134. The molecule has 116 valence electrons. The van der Waals surface area contributed by atoms with Crippen LogP contribution in [0, 0.1) is 22.7 Å². The van der Waals surface area contributed by atoms with Crippen LogP contribution in [0.5, 0.6) is 0 Å². The number of carbonyl (C=O) groups excluding carboxylic acids is 2. The number of Topliss-reactive ketones (excluding diaryl/α,β-unsaturated/α-hetero) is 2. The minimum absolute atomic E-state index is 0.0701. The molecule has 0 aromatic rings. The zero-order valence-electron chi connectivity index (χ0n) is 13.5. The van der Waals surface area contributed by atoms with Crippen molar-refractivity contribution < 1.29 is 19.4 Å². The molecule has 1 aliphatic rings. The summed E-state index contributed by atoms with van der Waals surface area (Å²) in [6, 6.07) is 0. The lowest BCUT2D eigenvalue weighted by Crippen LogP contribution is -2.39. The number of aliphatic hydroxyl groups is 1. The van der Waals surface area contributed by atoms with Gasteiger partial charge >= 0.3 is 0 Å². The molecule has 1 rings (SSSR count). The van der Waals surface area contributed by atoms with Crippen LogP contribution < -0.4 is 0 Å². The van der Waals surface area contributed by atoms with Gasteiger partial charge in [-0.3, -0.25) is 9.59 Å². The van der Waals surface area contributed by atoms with Crippen LogP contribution in [-0.2, 0) is 14.3 Å². The Kier molecular flexibility index (Phi) is 5.14. The molecular weight excluding hydrogens is 256 g/mol. The molecule has 1 heterocycles. The van der Waals surface area contributed by atoms with Crippen molar-refractivity contribution in [1.29, 1.82) is 0 Å². The molecule has 0 saturated carbocycles. The van der Waals surface area contributed by atoms with Gasteiger partial charge in [-0.1, -0.05) is 41.5 Å². The molecule has 0 aromatic heterocycles. The van der Waals surface area contributed by atoms with Gasteiger partial charge in [0.1, 0.15) is 11.6 Å². The standard InChI is InChI=1S/C16H28O4/c1-15(2,3)12(18)7-10-9-20-11(8-17)13(10)14(19)16(4,5)6/h10-11,13,17H,7-9H2,1-6H3/t10-,11+,13+/m1/s1. The molecule has 20 heavy (non-hydrogen) atoms. The molecule has 0 radical (unpaired) electrons. The third-order valence-corrected chi connectivity index (χ3v) is 3.94. The number of hydrogen-bond donors (Lipinski definition) is 1. The van der Waals surface area contributed by atoms with E-state index in [1.165, 1.54) is 0 Å². The molecule has 0 spiro atoms. The highest BCUT2D eigenvalue weighted by Crippen LogP contribution is 2.37. The lowest BCUT2D eigenvalue weighted by Gasteiger charge is -2.28. The number of hydrogen-bond acceptors (Lipinski definition) is 4. The Morgan fingerprint density at radius 3 is 2.05 bits per heavy atom. The summed E-state index contributed by atoms with van der Waals surface area (Å²) in [5, 5.41) is 9.40. The van der Waals surface area contributed by atoms with Gasteiger partial charge < -0.3 is 9.84 Å². The topological polar surface area (TPSA) is 63.6 Å². The fraction of sp³-hybridized carbons (Fsp3) is 0.875. The summed E-state index contributed by atoms with van der Waals surface area (Å²) in [7, 11) is 0. The molecule has 1 fully saturated rings. The van der Waals surface area contributed by atoms with Crippen LogP contribution in [-0.4, -0.2) is 36.0 Å². The molecule has 4 heteroatoms.